The van der Waals surface area contributed by atoms with Gasteiger partial charge in [-0.1, -0.05) is 36.4 Å². The number of anilines is 1. The number of ether oxygens (including phenoxy) is 1. The Morgan fingerprint density at radius 1 is 1.17 bits per heavy atom. The molecule has 1 aliphatic rings. The molecule has 2 atom stereocenters. The van der Waals surface area contributed by atoms with Crippen LogP contribution >= 0.6 is 11.3 Å². The van der Waals surface area contributed by atoms with E-state index in [1.807, 2.05) is 69.4 Å². The van der Waals surface area contributed by atoms with E-state index in [-0.39, 0.29) is 17.7 Å². The lowest BCUT2D eigenvalue weighted by molar-refractivity contribution is 0.0148. The van der Waals surface area contributed by atoms with Gasteiger partial charge in [0.2, 0.25) is 0 Å². The summed E-state index contributed by atoms with van der Waals surface area (Å²) in [4.78, 5) is 18.6. The number of urea groups is 1. The summed E-state index contributed by atoms with van der Waals surface area (Å²) in [5.74, 6) is 0. The van der Waals surface area contributed by atoms with Gasteiger partial charge in [-0.05, 0) is 57.7 Å². The van der Waals surface area contributed by atoms with Gasteiger partial charge in [0, 0.05) is 36.1 Å². The highest BCUT2D eigenvalue weighted by molar-refractivity contribution is 7.83. The van der Waals surface area contributed by atoms with Crippen molar-refractivity contribution >= 4 is 34.0 Å². The molecular formula is C26H32N4O3S2. The average molecular weight is 513 g/mol. The second kappa shape index (κ2) is 11.4. The zero-order valence-electron chi connectivity index (χ0n) is 20.3. The summed E-state index contributed by atoms with van der Waals surface area (Å²) in [6.45, 7) is 7.08. The molecular weight excluding hydrogens is 480 g/mol. The lowest BCUT2D eigenvalue weighted by atomic mass is 10.1. The number of rotatable bonds is 7. The van der Waals surface area contributed by atoms with E-state index in [0.29, 0.717) is 17.1 Å². The van der Waals surface area contributed by atoms with Crippen LogP contribution in [0.15, 0.2) is 59.6 Å². The lowest BCUT2D eigenvalue weighted by Crippen LogP contribution is -2.37. The second-order valence-electron chi connectivity index (χ2n) is 9.54. The maximum absolute atomic E-state index is 13.3. The van der Waals surface area contributed by atoms with Crippen LogP contribution in [0.25, 0.3) is 10.4 Å². The molecule has 186 valence electrons. The summed E-state index contributed by atoms with van der Waals surface area (Å²) in [5, 5.41) is 6.67. The van der Waals surface area contributed by atoms with Gasteiger partial charge in [0.05, 0.1) is 9.77 Å². The number of carbonyl (C=O) groups excluding carboxylic acids is 1. The van der Waals surface area contributed by atoms with Crippen molar-refractivity contribution in [1.29, 1.82) is 0 Å². The van der Waals surface area contributed by atoms with Crippen LogP contribution in [0.1, 0.15) is 56.7 Å². The largest absolute Gasteiger partial charge is 0.371 e. The SMILES string of the molecule is CC(C)(C)NS(=O)c1cc(NC(=O)NCc2ccccc2)ccc1-c1cnc([C@@H]2CCCCO2)s1. The highest BCUT2D eigenvalue weighted by Crippen LogP contribution is 2.37. The van der Waals surface area contributed by atoms with Crippen molar-refractivity contribution in [3.05, 3.63) is 65.3 Å². The molecule has 2 amide bonds. The van der Waals surface area contributed by atoms with Crippen molar-refractivity contribution in [2.45, 2.75) is 63.1 Å². The Balaban J connectivity index is 1.55. The van der Waals surface area contributed by atoms with Gasteiger partial charge in [0.15, 0.2) is 0 Å². The minimum Gasteiger partial charge on any atom is -0.371 e. The molecule has 0 saturated carbocycles. The molecule has 7 nitrogen and oxygen atoms in total. The molecule has 2 aromatic carbocycles. The third-order valence-corrected chi connectivity index (χ3v) is 8.04. The fourth-order valence-corrected chi connectivity index (χ4v) is 6.12. The van der Waals surface area contributed by atoms with Gasteiger partial charge in [0.25, 0.3) is 0 Å². The lowest BCUT2D eigenvalue weighted by Gasteiger charge is -2.21. The standard InChI is InChI=1S/C26H32N4O3S2/c1-26(2,3)30-35(32)23-15-19(29-25(31)28-16-18-9-5-4-6-10-18)12-13-20(23)22-17-27-24(34-22)21-11-7-8-14-33-21/h4-6,9-10,12-13,15,17,21,30H,7-8,11,14,16H2,1-3H3,(H2,28,29,31)/t21-,35?/m0/s1. The third-order valence-electron chi connectivity index (χ3n) is 5.38. The first kappa shape index (κ1) is 25.5. The predicted octanol–water partition coefficient (Wildman–Crippen LogP) is 5.78. The van der Waals surface area contributed by atoms with E-state index in [1.165, 1.54) is 0 Å². The van der Waals surface area contributed by atoms with Crippen LogP contribution in [0.2, 0.25) is 0 Å². The van der Waals surface area contributed by atoms with E-state index in [0.717, 1.165) is 46.9 Å². The van der Waals surface area contributed by atoms with Gasteiger partial charge in [-0.2, -0.15) is 0 Å². The summed E-state index contributed by atoms with van der Waals surface area (Å²) in [6, 6.07) is 14.9. The molecule has 3 aromatic rings. The zero-order valence-corrected chi connectivity index (χ0v) is 21.9. The number of carbonyl (C=O) groups is 1. The Bertz CT molecular complexity index is 1170. The molecule has 2 heterocycles. The van der Waals surface area contributed by atoms with E-state index >= 15 is 0 Å². The predicted molar refractivity (Wildman–Crippen MR) is 142 cm³/mol. The number of aromatic nitrogens is 1. The molecule has 1 aromatic heterocycles. The van der Waals surface area contributed by atoms with E-state index in [2.05, 4.69) is 20.3 Å². The first-order chi connectivity index (χ1) is 16.8. The van der Waals surface area contributed by atoms with Crippen molar-refractivity contribution in [2.24, 2.45) is 0 Å². The molecule has 4 rings (SSSR count). The zero-order chi connectivity index (χ0) is 24.8. The number of nitrogens with zero attached hydrogens (tertiary/aromatic N) is 1. The van der Waals surface area contributed by atoms with E-state index in [9.17, 15) is 9.00 Å². The van der Waals surface area contributed by atoms with Crippen LogP contribution in [-0.2, 0) is 22.3 Å². The van der Waals surface area contributed by atoms with Gasteiger partial charge in [-0.25, -0.2) is 18.7 Å². The normalized spacial score (nSPS) is 17.1. The number of benzene rings is 2. The van der Waals surface area contributed by atoms with E-state index in [4.69, 9.17) is 4.74 Å². The smallest absolute Gasteiger partial charge is 0.319 e. The Morgan fingerprint density at radius 3 is 2.69 bits per heavy atom. The van der Waals surface area contributed by atoms with Crippen molar-refractivity contribution in [3.63, 3.8) is 0 Å². The minimum atomic E-state index is -1.49. The van der Waals surface area contributed by atoms with Crippen molar-refractivity contribution in [2.75, 3.05) is 11.9 Å². The van der Waals surface area contributed by atoms with Gasteiger partial charge in [-0.3, -0.25) is 0 Å². The quantitative estimate of drug-likeness (QED) is 0.374. The molecule has 0 aliphatic carbocycles. The summed E-state index contributed by atoms with van der Waals surface area (Å²) in [6.07, 6.45) is 5.04. The van der Waals surface area contributed by atoms with Crippen molar-refractivity contribution in [3.8, 4) is 10.4 Å². The fraction of sp³-hybridized carbons (Fsp3) is 0.385. The third kappa shape index (κ3) is 7.20. The van der Waals surface area contributed by atoms with Gasteiger partial charge in [0.1, 0.15) is 22.1 Å². The highest BCUT2D eigenvalue weighted by atomic mass is 32.2. The molecule has 0 radical (unpaired) electrons. The molecule has 1 saturated heterocycles. The molecule has 0 bridgehead atoms. The molecule has 0 spiro atoms. The molecule has 1 unspecified atom stereocenters. The number of hydrogen-bond donors (Lipinski definition) is 3. The van der Waals surface area contributed by atoms with Crippen LogP contribution in [0.4, 0.5) is 10.5 Å². The molecule has 3 N–H and O–H groups in total. The first-order valence-electron chi connectivity index (χ1n) is 11.8. The first-order valence-corrected chi connectivity index (χ1v) is 13.8. The Hall–Kier alpha value is -2.59. The maximum Gasteiger partial charge on any atom is 0.319 e. The monoisotopic (exact) mass is 512 g/mol. The molecule has 1 fully saturated rings. The van der Waals surface area contributed by atoms with Crippen LogP contribution in [0, 0.1) is 0 Å². The van der Waals surface area contributed by atoms with Crippen LogP contribution in [0.5, 0.6) is 0 Å². The fourth-order valence-electron chi connectivity index (χ4n) is 3.74. The molecule has 1 aliphatic heterocycles. The highest BCUT2D eigenvalue weighted by Gasteiger charge is 2.23. The van der Waals surface area contributed by atoms with Crippen LogP contribution < -0.4 is 15.4 Å². The maximum atomic E-state index is 13.3. The summed E-state index contributed by atoms with van der Waals surface area (Å²) in [7, 11) is -1.49. The Morgan fingerprint density at radius 2 is 1.97 bits per heavy atom. The topological polar surface area (TPSA) is 92.4 Å². The summed E-state index contributed by atoms with van der Waals surface area (Å²) >= 11 is 1.57. The van der Waals surface area contributed by atoms with Gasteiger partial charge in [-0.15, -0.1) is 11.3 Å². The van der Waals surface area contributed by atoms with E-state index in [1.54, 1.807) is 17.4 Å². The van der Waals surface area contributed by atoms with E-state index < -0.39 is 11.0 Å². The number of nitrogens with one attached hydrogen (secondary N) is 3. The number of thiazole rings is 1. The van der Waals surface area contributed by atoms with Gasteiger partial charge >= 0.3 is 6.03 Å². The second-order valence-corrected chi connectivity index (χ2v) is 11.8. The molecule has 35 heavy (non-hydrogen) atoms. The summed E-state index contributed by atoms with van der Waals surface area (Å²) < 4.78 is 22.4. The van der Waals surface area contributed by atoms with Gasteiger partial charge < -0.3 is 15.4 Å². The Kier molecular flexibility index (Phi) is 8.33. The van der Waals surface area contributed by atoms with Crippen molar-refractivity contribution < 1.29 is 13.7 Å². The van der Waals surface area contributed by atoms with Crippen molar-refractivity contribution in [1.82, 2.24) is 15.0 Å². The Labute approximate surface area is 213 Å². The molecule has 9 heteroatoms. The average Bonchev–Trinajstić information content (AvgIpc) is 3.33. The number of amides is 2. The van der Waals surface area contributed by atoms with Crippen LogP contribution in [0.3, 0.4) is 0 Å². The summed E-state index contributed by atoms with van der Waals surface area (Å²) in [5.41, 5.74) is 2.05. The number of hydrogen-bond acceptors (Lipinski definition) is 5. The minimum absolute atomic E-state index is 0.0263. The van der Waals surface area contributed by atoms with Crippen LogP contribution in [-0.4, -0.2) is 27.4 Å².